The van der Waals surface area contributed by atoms with E-state index in [9.17, 15) is 0 Å². The lowest BCUT2D eigenvalue weighted by molar-refractivity contribution is 0.482. The summed E-state index contributed by atoms with van der Waals surface area (Å²) < 4.78 is 5.87. The average molecular weight is 272 g/mol. The van der Waals surface area contributed by atoms with Crippen LogP contribution in [0.3, 0.4) is 0 Å². The lowest BCUT2D eigenvalue weighted by Gasteiger charge is -2.05. The Balaban J connectivity index is 1.98. The molecule has 0 bridgehead atoms. The van der Waals surface area contributed by atoms with Crippen molar-refractivity contribution >= 4 is 0 Å². The maximum absolute atomic E-state index is 5.87. The van der Waals surface area contributed by atoms with Gasteiger partial charge >= 0.3 is 0 Å². The highest BCUT2D eigenvalue weighted by Crippen LogP contribution is 2.24. The van der Waals surface area contributed by atoms with Crippen LogP contribution in [0.4, 0.5) is 0 Å². The number of aryl methyl sites for hydroxylation is 1. The van der Waals surface area contributed by atoms with Gasteiger partial charge in [0, 0.05) is 18.5 Å². The third-order valence-corrected chi connectivity index (χ3v) is 3.29. The number of rotatable bonds is 7. The first-order chi connectivity index (χ1) is 9.70. The Hall–Kier alpha value is -1.61. The van der Waals surface area contributed by atoms with Crippen molar-refractivity contribution in [2.75, 3.05) is 13.1 Å². The van der Waals surface area contributed by atoms with E-state index in [1.165, 1.54) is 5.56 Å². The summed E-state index contributed by atoms with van der Waals surface area (Å²) in [6.45, 7) is 8.52. The van der Waals surface area contributed by atoms with Crippen molar-refractivity contribution in [1.29, 1.82) is 0 Å². The van der Waals surface area contributed by atoms with E-state index in [4.69, 9.17) is 4.42 Å². The lowest BCUT2D eigenvalue weighted by Crippen LogP contribution is -2.22. The Kier molecular flexibility index (Phi) is 5.36. The van der Waals surface area contributed by atoms with Crippen LogP contribution in [0.15, 0.2) is 34.9 Å². The molecule has 2 rings (SSSR count). The van der Waals surface area contributed by atoms with E-state index in [0.717, 1.165) is 43.1 Å². The first-order valence-corrected chi connectivity index (χ1v) is 7.44. The molecule has 3 nitrogen and oxygen atoms in total. The Labute approximate surface area is 121 Å². The Morgan fingerprint density at radius 2 is 2.05 bits per heavy atom. The summed E-state index contributed by atoms with van der Waals surface area (Å²) in [5.41, 5.74) is 2.46. The Morgan fingerprint density at radius 1 is 1.25 bits per heavy atom. The van der Waals surface area contributed by atoms with Gasteiger partial charge in [-0.1, -0.05) is 45.0 Å². The largest absolute Gasteiger partial charge is 0.441 e. The van der Waals surface area contributed by atoms with E-state index in [1.54, 1.807) is 0 Å². The highest BCUT2D eigenvalue weighted by atomic mass is 16.4. The molecule has 0 unspecified atom stereocenters. The second kappa shape index (κ2) is 7.25. The fraction of sp³-hybridized carbons (Fsp3) is 0.471. The zero-order valence-corrected chi connectivity index (χ0v) is 12.6. The van der Waals surface area contributed by atoms with Crippen LogP contribution in [0, 0.1) is 5.92 Å². The van der Waals surface area contributed by atoms with Crippen LogP contribution < -0.4 is 5.32 Å². The van der Waals surface area contributed by atoms with Crippen molar-refractivity contribution in [3.05, 3.63) is 41.9 Å². The minimum absolute atomic E-state index is 0.673. The smallest absolute Gasteiger partial charge is 0.196 e. The SMILES string of the molecule is CCc1ccccc1-c1cnc(CCNCC(C)C)o1. The minimum Gasteiger partial charge on any atom is -0.441 e. The molecule has 108 valence electrons. The molecule has 0 saturated heterocycles. The number of aromatic nitrogens is 1. The molecule has 0 aliphatic carbocycles. The molecular weight excluding hydrogens is 248 g/mol. The van der Waals surface area contributed by atoms with Crippen molar-refractivity contribution in [2.45, 2.75) is 33.6 Å². The molecule has 0 aliphatic rings. The third-order valence-electron chi connectivity index (χ3n) is 3.29. The number of nitrogens with one attached hydrogen (secondary N) is 1. The van der Waals surface area contributed by atoms with Crippen molar-refractivity contribution in [1.82, 2.24) is 10.3 Å². The summed E-state index contributed by atoms with van der Waals surface area (Å²) in [6, 6.07) is 8.35. The van der Waals surface area contributed by atoms with Gasteiger partial charge in [-0.15, -0.1) is 0 Å². The molecule has 20 heavy (non-hydrogen) atoms. The van der Waals surface area contributed by atoms with Crippen LogP contribution in [0.25, 0.3) is 11.3 Å². The molecule has 1 N–H and O–H groups in total. The molecule has 1 aromatic carbocycles. The van der Waals surface area contributed by atoms with E-state index in [-0.39, 0.29) is 0 Å². The standard InChI is InChI=1S/C17H24N2O/c1-4-14-7-5-6-8-15(14)16-12-19-17(20-16)9-10-18-11-13(2)3/h5-8,12-13,18H,4,9-11H2,1-3H3. The zero-order valence-electron chi connectivity index (χ0n) is 12.6. The van der Waals surface area contributed by atoms with Crippen molar-refractivity contribution < 1.29 is 4.42 Å². The summed E-state index contributed by atoms with van der Waals surface area (Å²) in [7, 11) is 0. The number of benzene rings is 1. The predicted octanol–water partition coefficient (Wildman–Crippen LogP) is 3.69. The summed E-state index contributed by atoms with van der Waals surface area (Å²) >= 11 is 0. The molecule has 0 atom stereocenters. The van der Waals surface area contributed by atoms with Gasteiger partial charge in [-0.2, -0.15) is 0 Å². The van der Waals surface area contributed by atoms with Crippen molar-refractivity contribution in [3.8, 4) is 11.3 Å². The van der Waals surface area contributed by atoms with Crippen molar-refractivity contribution in [3.63, 3.8) is 0 Å². The molecule has 0 amide bonds. The van der Waals surface area contributed by atoms with Gasteiger partial charge in [0.1, 0.15) is 0 Å². The molecular formula is C17H24N2O. The van der Waals surface area contributed by atoms with Crippen molar-refractivity contribution in [2.24, 2.45) is 5.92 Å². The number of nitrogens with zero attached hydrogens (tertiary/aromatic N) is 1. The Morgan fingerprint density at radius 3 is 2.80 bits per heavy atom. The quantitative estimate of drug-likeness (QED) is 0.781. The zero-order chi connectivity index (χ0) is 14.4. The first kappa shape index (κ1) is 14.8. The van der Waals surface area contributed by atoms with E-state index in [0.29, 0.717) is 5.92 Å². The van der Waals surface area contributed by atoms with Gasteiger partial charge in [-0.05, 0) is 24.4 Å². The molecule has 0 saturated carbocycles. The lowest BCUT2D eigenvalue weighted by atomic mass is 10.0. The third kappa shape index (κ3) is 3.94. The van der Waals surface area contributed by atoms with Crippen LogP contribution in [0.5, 0.6) is 0 Å². The number of hydrogen-bond acceptors (Lipinski definition) is 3. The molecule has 1 heterocycles. The van der Waals surface area contributed by atoms with Gasteiger partial charge in [0.05, 0.1) is 6.20 Å². The fourth-order valence-corrected chi connectivity index (χ4v) is 2.21. The Bertz CT molecular complexity index is 531. The molecule has 0 radical (unpaired) electrons. The second-order valence-electron chi connectivity index (χ2n) is 5.48. The molecule has 0 fully saturated rings. The second-order valence-corrected chi connectivity index (χ2v) is 5.48. The van der Waals surface area contributed by atoms with E-state index in [2.05, 4.69) is 49.3 Å². The van der Waals surface area contributed by atoms with Crippen LogP contribution >= 0.6 is 0 Å². The number of oxazole rings is 1. The first-order valence-electron chi connectivity index (χ1n) is 7.44. The number of hydrogen-bond donors (Lipinski definition) is 1. The van der Waals surface area contributed by atoms with Crippen LogP contribution in [0.2, 0.25) is 0 Å². The predicted molar refractivity (Wildman–Crippen MR) is 82.7 cm³/mol. The highest BCUT2D eigenvalue weighted by molar-refractivity contribution is 5.61. The molecule has 0 spiro atoms. The topological polar surface area (TPSA) is 38.1 Å². The van der Waals surface area contributed by atoms with E-state index >= 15 is 0 Å². The fourth-order valence-electron chi connectivity index (χ4n) is 2.21. The van der Waals surface area contributed by atoms with E-state index in [1.807, 2.05) is 12.3 Å². The monoisotopic (exact) mass is 272 g/mol. The molecule has 0 aliphatic heterocycles. The summed E-state index contributed by atoms with van der Waals surface area (Å²) in [6.07, 6.45) is 3.68. The van der Waals surface area contributed by atoms with E-state index < -0.39 is 0 Å². The summed E-state index contributed by atoms with van der Waals surface area (Å²) in [5, 5.41) is 3.40. The molecule has 3 heteroatoms. The highest BCUT2D eigenvalue weighted by Gasteiger charge is 2.09. The summed E-state index contributed by atoms with van der Waals surface area (Å²) in [5.74, 6) is 2.36. The minimum atomic E-state index is 0.673. The van der Waals surface area contributed by atoms with Crippen LogP contribution in [-0.4, -0.2) is 18.1 Å². The summed E-state index contributed by atoms with van der Waals surface area (Å²) in [4.78, 5) is 4.38. The average Bonchev–Trinajstić information content (AvgIpc) is 2.92. The van der Waals surface area contributed by atoms with Gasteiger partial charge in [0.15, 0.2) is 11.7 Å². The maximum Gasteiger partial charge on any atom is 0.196 e. The van der Waals surface area contributed by atoms with Gasteiger partial charge in [0.25, 0.3) is 0 Å². The maximum atomic E-state index is 5.87. The van der Waals surface area contributed by atoms with Gasteiger partial charge in [-0.25, -0.2) is 4.98 Å². The van der Waals surface area contributed by atoms with Gasteiger partial charge in [0.2, 0.25) is 0 Å². The molecule has 2 aromatic rings. The van der Waals surface area contributed by atoms with Gasteiger partial charge in [-0.3, -0.25) is 0 Å². The van der Waals surface area contributed by atoms with Crippen LogP contribution in [0.1, 0.15) is 32.2 Å². The van der Waals surface area contributed by atoms with Crippen LogP contribution in [-0.2, 0) is 12.8 Å². The molecule has 1 aromatic heterocycles. The van der Waals surface area contributed by atoms with Gasteiger partial charge < -0.3 is 9.73 Å². The normalized spacial score (nSPS) is 11.2.